The lowest BCUT2D eigenvalue weighted by Crippen LogP contribution is -2.46. The molecule has 1 aliphatic rings. The minimum absolute atomic E-state index is 0.0714. The molecule has 0 radical (unpaired) electrons. The molecule has 3 aromatic rings. The van der Waals surface area contributed by atoms with E-state index >= 15 is 0 Å². The van der Waals surface area contributed by atoms with Crippen molar-refractivity contribution in [2.75, 3.05) is 6.54 Å². The Hall–Kier alpha value is -2.66. The van der Waals surface area contributed by atoms with Gasteiger partial charge in [0.1, 0.15) is 11.5 Å². The van der Waals surface area contributed by atoms with Gasteiger partial charge in [-0.3, -0.25) is 4.79 Å². The first-order valence-corrected chi connectivity index (χ1v) is 10.9. The molecule has 158 valence electrons. The third-order valence-electron chi connectivity index (χ3n) is 6.18. The lowest BCUT2D eigenvalue weighted by atomic mass is 9.89. The van der Waals surface area contributed by atoms with Gasteiger partial charge in [0, 0.05) is 36.1 Å². The van der Waals surface area contributed by atoms with Crippen LogP contribution in [0.4, 0.5) is 4.39 Å². The molecule has 5 heteroatoms. The summed E-state index contributed by atoms with van der Waals surface area (Å²) in [5.74, 6) is -0.130. The van der Waals surface area contributed by atoms with Crippen LogP contribution in [0, 0.1) is 12.7 Å². The predicted molar refractivity (Wildman–Crippen MR) is 119 cm³/mol. The summed E-state index contributed by atoms with van der Waals surface area (Å²) in [6.07, 6.45) is 4.12. The number of aromatic nitrogens is 1. The summed E-state index contributed by atoms with van der Waals surface area (Å²) in [6, 6.07) is 15.4. The quantitative estimate of drug-likeness (QED) is 0.592. The topological polar surface area (TPSA) is 48.1 Å². The van der Waals surface area contributed by atoms with Crippen molar-refractivity contribution in [2.45, 2.75) is 58.2 Å². The first kappa shape index (κ1) is 20.6. The molecule has 4 nitrogen and oxygen atoms in total. The number of H-pyrrole nitrogens is 1. The fourth-order valence-electron chi connectivity index (χ4n) is 4.63. The molecule has 4 rings (SSSR count). The molecule has 1 heterocycles. The summed E-state index contributed by atoms with van der Waals surface area (Å²) in [4.78, 5) is 18.6. The average molecular weight is 408 g/mol. The number of rotatable bonds is 6. The molecule has 1 amide bonds. The van der Waals surface area contributed by atoms with Gasteiger partial charge in [-0.1, -0.05) is 23.8 Å². The number of nitrogens with one attached hydrogen (secondary N) is 2. The molecule has 1 aromatic heterocycles. The third-order valence-corrected chi connectivity index (χ3v) is 6.18. The van der Waals surface area contributed by atoms with E-state index in [-0.39, 0.29) is 17.8 Å². The minimum Gasteiger partial charge on any atom is -0.351 e. The van der Waals surface area contributed by atoms with E-state index in [1.54, 1.807) is 12.1 Å². The van der Waals surface area contributed by atoms with Crippen LogP contribution in [0.2, 0.25) is 0 Å². The van der Waals surface area contributed by atoms with Crippen LogP contribution in [0.5, 0.6) is 0 Å². The summed E-state index contributed by atoms with van der Waals surface area (Å²) in [5, 5.41) is 4.64. The number of halogens is 1. The molecule has 2 N–H and O–H groups in total. The smallest absolute Gasteiger partial charge is 0.270 e. The van der Waals surface area contributed by atoms with Crippen LogP contribution < -0.4 is 5.32 Å². The molecule has 0 unspecified atom stereocenters. The van der Waals surface area contributed by atoms with E-state index in [1.807, 2.05) is 23.1 Å². The number of carbonyl (C=O) groups is 1. The van der Waals surface area contributed by atoms with Crippen molar-refractivity contribution in [1.29, 1.82) is 0 Å². The molecule has 2 aromatic carbocycles. The molecule has 1 fully saturated rings. The summed E-state index contributed by atoms with van der Waals surface area (Å²) >= 11 is 0. The van der Waals surface area contributed by atoms with Crippen molar-refractivity contribution in [2.24, 2.45) is 0 Å². The first-order valence-electron chi connectivity index (χ1n) is 10.9. The van der Waals surface area contributed by atoms with Crippen molar-refractivity contribution in [3.05, 3.63) is 71.2 Å². The molecule has 2 atom stereocenters. The van der Waals surface area contributed by atoms with E-state index in [2.05, 4.69) is 36.3 Å². The Morgan fingerprint density at radius 2 is 2.07 bits per heavy atom. The highest BCUT2D eigenvalue weighted by Gasteiger charge is 2.29. The second-order valence-corrected chi connectivity index (χ2v) is 8.39. The highest BCUT2D eigenvalue weighted by molar-refractivity contribution is 5.98. The number of aryl methyl sites for hydroxylation is 1. The SMILES string of the molecule is CCN(C(=O)c1cc2cc(C)ccc2[nH]1)[C@H]1CCC[C@@H](NCc2cccc(F)c2)C1. The van der Waals surface area contributed by atoms with Gasteiger partial charge in [0.05, 0.1) is 0 Å². The second-order valence-electron chi connectivity index (χ2n) is 8.39. The highest BCUT2D eigenvalue weighted by atomic mass is 19.1. The zero-order chi connectivity index (χ0) is 21.1. The fraction of sp³-hybridized carbons (Fsp3) is 0.400. The molecule has 1 saturated carbocycles. The minimum atomic E-state index is -0.202. The Kier molecular flexibility index (Phi) is 6.18. The maximum Gasteiger partial charge on any atom is 0.270 e. The Balaban J connectivity index is 1.43. The van der Waals surface area contributed by atoms with Crippen molar-refractivity contribution in [3.8, 4) is 0 Å². The largest absolute Gasteiger partial charge is 0.351 e. The van der Waals surface area contributed by atoms with Crippen LogP contribution in [-0.4, -0.2) is 34.4 Å². The van der Waals surface area contributed by atoms with E-state index < -0.39 is 0 Å². The number of nitrogens with zero attached hydrogens (tertiary/aromatic N) is 1. The zero-order valence-corrected chi connectivity index (χ0v) is 17.7. The van der Waals surface area contributed by atoms with Gasteiger partial charge in [-0.15, -0.1) is 0 Å². The average Bonchev–Trinajstić information content (AvgIpc) is 3.16. The van der Waals surface area contributed by atoms with Crippen molar-refractivity contribution in [3.63, 3.8) is 0 Å². The lowest BCUT2D eigenvalue weighted by Gasteiger charge is -2.37. The normalized spacial score (nSPS) is 19.2. The third kappa shape index (κ3) is 4.57. The second kappa shape index (κ2) is 9.00. The zero-order valence-electron chi connectivity index (χ0n) is 17.7. The standard InChI is InChI=1S/C25H30FN3O/c1-3-29(25(30)24-14-19-12-17(2)10-11-23(19)28-24)22-9-5-8-21(15-22)27-16-18-6-4-7-20(26)13-18/h4,6-7,10-14,21-22,27-28H,3,5,8-9,15-16H2,1-2H3/t21-,22+/m1/s1. The van der Waals surface area contributed by atoms with E-state index in [1.165, 1.54) is 11.6 Å². The fourth-order valence-corrected chi connectivity index (χ4v) is 4.63. The van der Waals surface area contributed by atoms with Crippen LogP contribution in [-0.2, 0) is 6.54 Å². The number of aromatic amines is 1. The van der Waals surface area contributed by atoms with E-state index in [4.69, 9.17) is 0 Å². The summed E-state index contributed by atoms with van der Waals surface area (Å²) in [5.41, 5.74) is 3.80. The van der Waals surface area contributed by atoms with E-state index in [9.17, 15) is 9.18 Å². The number of carbonyl (C=O) groups excluding carboxylic acids is 1. The number of amides is 1. The number of hydrogen-bond acceptors (Lipinski definition) is 2. The number of fused-ring (bicyclic) bond motifs is 1. The molecule has 30 heavy (non-hydrogen) atoms. The summed E-state index contributed by atoms with van der Waals surface area (Å²) < 4.78 is 13.4. The molecular weight excluding hydrogens is 377 g/mol. The Morgan fingerprint density at radius 3 is 2.87 bits per heavy atom. The highest BCUT2D eigenvalue weighted by Crippen LogP contribution is 2.26. The van der Waals surface area contributed by atoms with Gasteiger partial charge in [0.2, 0.25) is 0 Å². The molecular formula is C25H30FN3O. The van der Waals surface area contributed by atoms with Crippen LogP contribution in [0.3, 0.4) is 0 Å². The van der Waals surface area contributed by atoms with Crippen LogP contribution >= 0.6 is 0 Å². The molecule has 0 saturated heterocycles. The molecule has 1 aliphatic carbocycles. The molecule has 0 aliphatic heterocycles. The van der Waals surface area contributed by atoms with Crippen molar-refractivity contribution >= 4 is 16.8 Å². The van der Waals surface area contributed by atoms with Gasteiger partial charge in [0.25, 0.3) is 5.91 Å². The van der Waals surface area contributed by atoms with Crippen LogP contribution in [0.1, 0.15) is 54.2 Å². The molecule has 0 spiro atoms. The van der Waals surface area contributed by atoms with Crippen LogP contribution in [0.15, 0.2) is 48.5 Å². The van der Waals surface area contributed by atoms with Gasteiger partial charge >= 0.3 is 0 Å². The van der Waals surface area contributed by atoms with E-state index in [0.717, 1.165) is 42.1 Å². The summed E-state index contributed by atoms with van der Waals surface area (Å²) in [7, 11) is 0. The van der Waals surface area contributed by atoms with Crippen LogP contribution in [0.25, 0.3) is 10.9 Å². The van der Waals surface area contributed by atoms with Gasteiger partial charge < -0.3 is 15.2 Å². The Labute approximate surface area is 177 Å². The molecule has 0 bridgehead atoms. The van der Waals surface area contributed by atoms with Crippen molar-refractivity contribution < 1.29 is 9.18 Å². The van der Waals surface area contributed by atoms with Gasteiger partial charge in [-0.2, -0.15) is 0 Å². The van der Waals surface area contributed by atoms with Gasteiger partial charge in [-0.25, -0.2) is 4.39 Å². The van der Waals surface area contributed by atoms with Crippen molar-refractivity contribution in [1.82, 2.24) is 15.2 Å². The van der Waals surface area contributed by atoms with Gasteiger partial charge in [-0.05, 0) is 75.4 Å². The van der Waals surface area contributed by atoms with E-state index in [0.29, 0.717) is 24.8 Å². The maximum absolute atomic E-state index is 13.4. The predicted octanol–water partition coefficient (Wildman–Crippen LogP) is 5.18. The van der Waals surface area contributed by atoms with Gasteiger partial charge in [0.15, 0.2) is 0 Å². The first-order chi connectivity index (χ1) is 14.5. The monoisotopic (exact) mass is 407 g/mol. The lowest BCUT2D eigenvalue weighted by molar-refractivity contribution is 0.0623. The number of benzene rings is 2. The number of hydrogen-bond donors (Lipinski definition) is 2. The maximum atomic E-state index is 13.4. The Morgan fingerprint density at radius 1 is 1.20 bits per heavy atom. The summed E-state index contributed by atoms with van der Waals surface area (Å²) in [6.45, 7) is 5.45. The Bertz CT molecular complexity index is 1030.